The van der Waals surface area contributed by atoms with E-state index < -0.39 is 23.3 Å². The first-order valence-electron chi connectivity index (χ1n) is 5.79. The lowest BCUT2D eigenvalue weighted by molar-refractivity contribution is -0.139. The minimum absolute atomic E-state index is 0.160. The summed E-state index contributed by atoms with van der Waals surface area (Å²) in [5, 5.41) is 8.71. The van der Waals surface area contributed by atoms with E-state index in [0.29, 0.717) is 18.4 Å². The highest BCUT2D eigenvalue weighted by molar-refractivity contribution is 5.88. The number of rotatable bonds is 5. The van der Waals surface area contributed by atoms with Crippen molar-refractivity contribution < 1.29 is 27.8 Å². The lowest BCUT2D eigenvalue weighted by Crippen LogP contribution is -2.12. The monoisotopic (exact) mass is 276 g/mol. The molecule has 6 heteroatoms. The van der Waals surface area contributed by atoms with Crippen molar-refractivity contribution in [2.45, 2.75) is 26.4 Å². The zero-order chi connectivity index (χ0) is 14.6. The maximum Gasteiger partial charge on any atom is 0.419 e. The van der Waals surface area contributed by atoms with Gasteiger partial charge in [0, 0.05) is 0 Å². The molecule has 106 valence electrons. The van der Waals surface area contributed by atoms with Gasteiger partial charge >= 0.3 is 12.1 Å². The Balaban J connectivity index is 3.00. The maximum absolute atomic E-state index is 12.8. The van der Waals surface area contributed by atoms with Crippen LogP contribution < -0.4 is 4.74 Å². The van der Waals surface area contributed by atoms with Gasteiger partial charge in [-0.15, -0.1) is 0 Å². The van der Waals surface area contributed by atoms with Gasteiger partial charge in [-0.2, -0.15) is 13.2 Å². The fraction of sp³-hybridized carbons (Fsp3) is 0.462. The molecule has 0 spiro atoms. The Kier molecular flexibility index (Phi) is 4.80. The van der Waals surface area contributed by atoms with Crippen molar-refractivity contribution in [2.24, 2.45) is 5.92 Å². The first-order chi connectivity index (χ1) is 8.71. The van der Waals surface area contributed by atoms with E-state index in [1.54, 1.807) is 0 Å². The predicted molar refractivity (Wildman–Crippen MR) is 63.4 cm³/mol. The number of aromatic carboxylic acids is 1. The molecule has 0 fully saturated rings. The molecule has 0 aliphatic heterocycles. The highest BCUT2D eigenvalue weighted by Crippen LogP contribution is 2.37. The van der Waals surface area contributed by atoms with E-state index in [2.05, 4.69) is 0 Å². The normalized spacial score (nSPS) is 11.7. The van der Waals surface area contributed by atoms with Crippen LogP contribution in [-0.2, 0) is 6.18 Å². The third-order valence-electron chi connectivity index (χ3n) is 2.48. The number of ether oxygens (including phenoxy) is 1. The molecule has 0 radical (unpaired) electrons. The van der Waals surface area contributed by atoms with Gasteiger partial charge < -0.3 is 9.84 Å². The number of halogens is 3. The minimum atomic E-state index is -4.64. The molecule has 0 heterocycles. The molecule has 1 aromatic carbocycles. The van der Waals surface area contributed by atoms with E-state index in [0.717, 1.165) is 12.1 Å². The van der Waals surface area contributed by atoms with Gasteiger partial charge in [0.05, 0.1) is 17.7 Å². The number of hydrogen-bond donors (Lipinski definition) is 1. The van der Waals surface area contributed by atoms with E-state index in [1.165, 1.54) is 0 Å². The average molecular weight is 276 g/mol. The quantitative estimate of drug-likeness (QED) is 0.889. The Morgan fingerprint density at radius 3 is 2.47 bits per heavy atom. The topological polar surface area (TPSA) is 46.5 Å². The van der Waals surface area contributed by atoms with Crippen molar-refractivity contribution in [2.75, 3.05) is 6.61 Å². The summed E-state index contributed by atoms with van der Waals surface area (Å²) in [7, 11) is 0. The van der Waals surface area contributed by atoms with Crippen molar-refractivity contribution in [3.63, 3.8) is 0 Å². The van der Waals surface area contributed by atoms with Crippen LogP contribution in [0.15, 0.2) is 18.2 Å². The number of hydrogen-bond acceptors (Lipinski definition) is 2. The summed E-state index contributed by atoms with van der Waals surface area (Å²) >= 11 is 0. The molecule has 0 atom stereocenters. The van der Waals surface area contributed by atoms with E-state index in [4.69, 9.17) is 9.84 Å². The predicted octanol–water partition coefficient (Wildman–Crippen LogP) is 3.83. The second-order valence-corrected chi connectivity index (χ2v) is 4.54. The molecule has 0 saturated heterocycles. The van der Waals surface area contributed by atoms with Gasteiger partial charge in [-0.05, 0) is 30.5 Å². The number of carbonyl (C=O) groups is 1. The van der Waals surface area contributed by atoms with Crippen LogP contribution in [0.3, 0.4) is 0 Å². The SMILES string of the molecule is CC(C)CCOc1ccc(C(=O)O)cc1C(F)(F)F. The van der Waals surface area contributed by atoms with E-state index in [1.807, 2.05) is 13.8 Å². The number of carboxylic acids is 1. The van der Waals surface area contributed by atoms with Crippen LogP contribution in [0, 0.1) is 5.92 Å². The smallest absolute Gasteiger partial charge is 0.419 e. The van der Waals surface area contributed by atoms with Gasteiger partial charge in [-0.3, -0.25) is 0 Å². The van der Waals surface area contributed by atoms with Gasteiger partial charge in [-0.1, -0.05) is 13.8 Å². The van der Waals surface area contributed by atoms with Crippen molar-refractivity contribution in [3.05, 3.63) is 29.3 Å². The van der Waals surface area contributed by atoms with Gasteiger partial charge in [-0.25, -0.2) is 4.79 Å². The van der Waals surface area contributed by atoms with Crippen LogP contribution >= 0.6 is 0 Å². The van der Waals surface area contributed by atoms with Crippen LogP contribution in [0.25, 0.3) is 0 Å². The molecular weight excluding hydrogens is 261 g/mol. The summed E-state index contributed by atoms with van der Waals surface area (Å²) < 4.78 is 43.5. The molecule has 0 bridgehead atoms. The Labute approximate surface area is 109 Å². The van der Waals surface area contributed by atoms with Crippen LogP contribution in [0.2, 0.25) is 0 Å². The third-order valence-corrected chi connectivity index (χ3v) is 2.48. The van der Waals surface area contributed by atoms with Gasteiger partial charge in [0.1, 0.15) is 5.75 Å². The van der Waals surface area contributed by atoms with Gasteiger partial charge in [0.15, 0.2) is 0 Å². The minimum Gasteiger partial charge on any atom is -0.493 e. The Morgan fingerprint density at radius 2 is 2.00 bits per heavy atom. The highest BCUT2D eigenvalue weighted by Gasteiger charge is 2.35. The zero-order valence-electron chi connectivity index (χ0n) is 10.6. The molecule has 0 saturated carbocycles. The van der Waals surface area contributed by atoms with Crippen molar-refractivity contribution in [3.8, 4) is 5.75 Å². The Morgan fingerprint density at radius 1 is 1.37 bits per heavy atom. The fourth-order valence-electron chi connectivity index (χ4n) is 1.41. The largest absolute Gasteiger partial charge is 0.493 e. The van der Waals surface area contributed by atoms with Crippen molar-refractivity contribution in [1.29, 1.82) is 0 Å². The van der Waals surface area contributed by atoms with Crippen LogP contribution in [0.1, 0.15) is 36.2 Å². The molecule has 0 amide bonds. The summed E-state index contributed by atoms with van der Waals surface area (Å²) in [5.41, 5.74) is -1.47. The second-order valence-electron chi connectivity index (χ2n) is 4.54. The molecule has 0 aliphatic carbocycles. The van der Waals surface area contributed by atoms with E-state index in [9.17, 15) is 18.0 Å². The standard InChI is InChI=1S/C13H15F3O3/c1-8(2)5-6-19-11-4-3-9(12(17)18)7-10(11)13(14,15)16/h3-4,7-8H,5-6H2,1-2H3,(H,17,18). The zero-order valence-corrected chi connectivity index (χ0v) is 10.6. The third kappa shape index (κ3) is 4.46. The van der Waals surface area contributed by atoms with Crippen molar-refractivity contribution >= 4 is 5.97 Å². The number of benzene rings is 1. The molecule has 1 aromatic rings. The van der Waals surface area contributed by atoms with E-state index >= 15 is 0 Å². The molecule has 3 nitrogen and oxygen atoms in total. The van der Waals surface area contributed by atoms with Crippen LogP contribution in [0.4, 0.5) is 13.2 Å². The van der Waals surface area contributed by atoms with Crippen LogP contribution in [0.5, 0.6) is 5.75 Å². The summed E-state index contributed by atoms with van der Waals surface area (Å²) in [4.78, 5) is 10.7. The van der Waals surface area contributed by atoms with Crippen LogP contribution in [-0.4, -0.2) is 17.7 Å². The van der Waals surface area contributed by atoms with E-state index in [-0.39, 0.29) is 12.4 Å². The summed E-state index contributed by atoms with van der Waals surface area (Å²) in [6.45, 7) is 4.02. The fourth-order valence-corrected chi connectivity index (χ4v) is 1.41. The Hall–Kier alpha value is -1.72. The van der Waals surface area contributed by atoms with Crippen molar-refractivity contribution in [1.82, 2.24) is 0 Å². The molecule has 0 unspecified atom stereocenters. The first-order valence-corrected chi connectivity index (χ1v) is 5.79. The van der Waals surface area contributed by atoms with Gasteiger partial charge in [0.25, 0.3) is 0 Å². The molecule has 0 aliphatic rings. The Bertz CT molecular complexity index is 453. The molecule has 0 aromatic heterocycles. The summed E-state index contributed by atoms with van der Waals surface area (Å²) in [6.07, 6.45) is -4.02. The second kappa shape index (κ2) is 5.95. The summed E-state index contributed by atoms with van der Waals surface area (Å²) in [5.74, 6) is -1.43. The molecule has 19 heavy (non-hydrogen) atoms. The average Bonchev–Trinajstić information content (AvgIpc) is 2.27. The molecule has 1 rings (SSSR count). The highest BCUT2D eigenvalue weighted by atomic mass is 19.4. The lowest BCUT2D eigenvalue weighted by atomic mass is 10.1. The lowest BCUT2D eigenvalue weighted by Gasteiger charge is -2.15. The van der Waals surface area contributed by atoms with Gasteiger partial charge in [0.2, 0.25) is 0 Å². The number of carboxylic acid groups (broad SMARTS) is 1. The maximum atomic E-state index is 12.8. The first kappa shape index (κ1) is 15.3. The molecule has 1 N–H and O–H groups in total. The molecular formula is C13H15F3O3. The summed E-state index contributed by atoms with van der Waals surface area (Å²) in [6, 6.07) is 2.74. The number of alkyl halides is 3.